The second-order valence-electron chi connectivity index (χ2n) is 4.43. The number of H-pyrrole nitrogens is 1. The van der Waals surface area contributed by atoms with Crippen LogP contribution in [0.4, 0.5) is 0 Å². The Morgan fingerprint density at radius 3 is 2.72 bits per heavy atom. The number of hydrogen-bond donors (Lipinski definition) is 5. The summed E-state index contributed by atoms with van der Waals surface area (Å²) < 4.78 is 0. The Hall–Kier alpha value is -1.38. The van der Waals surface area contributed by atoms with Gasteiger partial charge in [0.05, 0.1) is 12.0 Å². The first-order valence-corrected chi connectivity index (χ1v) is 5.80. The van der Waals surface area contributed by atoms with Crippen LogP contribution in [0.5, 0.6) is 0 Å². The minimum Gasteiger partial charge on any atom is -0.480 e. The Kier molecular flexibility index (Phi) is 5.33. The van der Waals surface area contributed by atoms with Gasteiger partial charge in [0.15, 0.2) is 0 Å². The maximum Gasteiger partial charge on any atom is 0.451 e. The molecule has 0 aliphatic heterocycles. The Morgan fingerprint density at radius 1 is 1.50 bits per heavy atom. The first kappa shape index (κ1) is 14.7. The van der Waals surface area contributed by atoms with Gasteiger partial charge < -0.3 is 25.9 Å². The van der Waals surface area contributed by atoms with E-state index in [-0.39, 0.29) is 19.2 Å². The monoisotopic (exact) mass is 255 g/mol. The molecular formula is C10H18BN3O4. The number of carbonyl (C=O) groups is 1. The van der Waals surface area contributed by atoms with E-state index in [0.29, 0.717) is 18.5 Å². The predicted octanol–water partition coefficient (Wildman–Crippen LogP) is -0.623. The molecule has 0 aliphatic carbocycles. The molecule has 1 heterocycles. The average Bonchev–Trinajstić information content (AvgIpc) is 2.76. The number of hydrogen-bond acceptors (Lipinski definition) is 5. The van der Waals surface area contributed by atoms with Crippen LogP contribution in [0.1, 0.15) is 25.0 Å². The van der Waals surface area contributed by atoms with Crippen molar-refractivity contribution in [2.75, 3.05) is 0 Å². The molecule has 0 aliphatic rings. The molecule has 7 nitrogen and oxygen atoms in total. The number of unbranched alkanes of at least 4 members (excludes halogenated alkanes) is 1. The lowest BCUT2D eigenvalue weighted by atomic mass is 9.81. The summed E-state index contributed by atoms with van der Waals surface area (Å²) in [5.74, 6) is -1.07. The summed E-state index contributed by atoms with van der Waals surface area (Å²) >= 11 is 0. The molecule has 1 atom stereocenters. The van der Waals surface area contributed by atoms with Crippen molar-refractivity contribution in [2.24, 2.45) is 5.73 Å². The molecule has 18 heavy (non-hydrogen) atoms. The van der Waals surface area contributed by atoms with E-state index in [0.717, 1.165) is 0 Å². The van der Waals surface area contributed by atoms with E-state index >= 15 is 0 Å². The quantitative estimate of drug-likeness (QED) is 0.310. The third-order valence-corrected chi connectivity index (χ3v) is 2.81. The number of aliphatic carboxylic acids is 1. The van der Waals surface area contributed by atoms with Crippen LogP contribution in [0, 0.1) is 0 Å². The van der Waals surface area contributed by atoms with Gasteiger partial charge in [-0.2, -0.15) is 0 Å². The molecule has 100 valence electrons. The van der Waals surface area contributed by atoms with Gasteiger partial charge in [-0.3, -0.25) is 4.79 Å². The number of carboxylic acid groups (broad SMARTS) is 1. The van der Waals surface area contributed by atoms with E-state index < -0.39 is 18.6 Å². The standard InChI is InChI=1S/C10H18BN3O4/c12-10(9(15)16,3-1-2-4-11(17)18)5-8-6-13-7-14-8/h6-7,17-18H,1-5,12H2,(H,13,14)(H,15,16)/t10-/m0/s1. The van der Waals surface area contributed by atoms with Crippen LogP contribution >= 0.6 is 0 Å². The van der Waals surface area contributed by atoms with E-state index in [1.165, 1.54) is 6.33 Å². The lowest BCUT2D eigenvalue weighted by Gasteiger charge is -2.23. The minimum atomic E-state index is -1.37. The summed E-state index contributed by atoms with van der Waals surface area (Å²) in [7, 11) is -1.35. The summed E-state index contributed by atoms with van der Waals surface area (Å²) in [5.41, 5.74) is 5.10. The smallest absolute Gasteiger partial charge is 0.451 e. The van der Waals surface area contributed by atoms with E-state index in [9.17, 15) is 9.90 Å². The summed E-state index contributed by atoms with van der Waals surface area (Å²) in [4.78, 5) is 17.9. The van der Waals surface area contributed by atoms with E-state index in [4.69, 9.17) is 15.8 Å². The lowest BCUT2D eigenvalue weighted by Crippen LogP contribution is -2.50. The molecule has 0 saturated carbocycles. The Bertz CT molecular complexity index is 371. The first-order chi connectivity index (χ1) is 8.44. The molecule has 0 saturated heterocycles. The van der Waals surface area contributed by atoms with Gasteiger partial charge in [-0.25, -0.2) is 4.98 Å². The molecule has 1 aromatic rings. The van der Waals surface area contributed by atoms with Gasteiger partial charge in [0.1, 0.15) is 5.54 Å². The van der Waals surface area contributed by atoms with Crippen LogP contribution in [0.25, 0.3) is 0 Å². The molecule has 1 rings (SSSR count). The maximum atomic E-state index is 11.2. The fourth-order valence-electron chi connectivity index (χ4n) is 1.75. The SMILES string of the molecule is N[C@@](CCCCB(O)O)(Cc1c[nH]cn1)C(=O)O. The summed E-state index contributed by atoms with van der Waals surface area (Å²) in [6, 6.07) is 0. The molecule has 8 heteroatoms. The van der Waals surface area contributed by atoms with Crippen molar-refractivity contribution in [3.63, 3.8) is 0 Å². The number of aromatic amines is 1. The van der Waals surface area contributed by atoms with Crippen molar-refractivity contribution in [3.05, 3.63) is 18.2 Å². The van der Waals surface area contributed by atoms with Crippen molar-refractivity contribution in [3.8, 4) is 0 Å². The van der Waals surface area contributed by atoms with Gasteiger partial charge >= 0.3 is 13.1 Å². The molecule has 0 bridgehead atoms. The number of carboxylic acids is 1. The van der Waals surface area contributed by atoms with Gasteiger partial charge in [-0.05, 0) is 12.7 Å². The molecule has 1 aromatic heterocycles. The van der Waals surface area contributed by atoms with Gasteiger partial charge in [0, 0.05) is 12.6 Å². The van der Waals surface area contributed by atoms with Gasteiger partial charge in [0.2, 0.25) is 0 Å². The third kappa shape index (κ3) is 4.48. The minimum absolute atomic E-state index is 0.146. The molecule has 6 N–H and O–H groups in total. The summed E-state index contributed by atoms with van der Waals surface area (Å²) in [5, 5.41) is 26.6. The van der Waals surface area contributed by atoms with E-state index in [2.05, 4.69) is 9.97 Å². The van der Waals surface area contributed by atoms with Crippen LogP contribution in [0.2, 0.25) is 6.32 Å². The predicted molar refractivity (Wildman–Crippen MR) is 65.7 cm³/mol. The molecule has 0 aromatic carbocycles. The fraction of sp³-hybridized carbons (Fsp3) is 0.600. The molecule has 0 fully saturated rings. The summed E-state index contributed by atoms with van der Waals surface area (Å²) in [6.07, 6.45) is 4.75. The summed E-state index contributed by atoms with van der Waals surface area (Å²) in [6.45, 7) is 0. The lowest BCUT2D eigenvalue weighted by molar-refractivity contribution is -0.143. The highest BCUT2D eigenvalue weighted by Crippen LogP contribution is 2.18. The maximum absolute atomic E-state index is 11.2. The normalized spacial score (nSPS) is 14.2. The highest BCUT2D eigenvalue weighted by molar-refractivity contribution is 6.40. The van der Waals surface area contributed by atoms with Crippen LogP contribution < -0.4 is 5.73 Å². The van der Waals surface area contributed by atoms with Gasteiger partial charge in [0.25, 0.3) is 0 Å². The zero-order valence-electron chi connectivity index (χ0n) is 10.0. The second kappa shape index (κ2) is 6.53. The highest BCUT2D eigenvalue weighted by atomic mass is 16.4. The fourth-order valence-corrected chi connectivity index (χ4v) is 1.75. The van der Waals surface area contributed by atoms with Crippen LogP contribution in [0.15, 0.2) is 12.5 Å². The number of rotatable bonds is 8. The second-order valence-corrected chi connectivity index (χ2v) is 4.43. The molecule has 0 unspecified atom stereocenters. The van der Waals surface area contributed by atoms with E-state index in [1.54, 1.807) is 6.20 Å². The first-order valence-electron chi connectivity index (χ1n) is 5.80. The Balaban J connectivity index is 2.50. The average molecular weight is 255 g/mol. The zero-order chi connectivity index (χ0) is 13.6. The molecule has 0 spiro atoms. The topological polar surface area (TPSA) is 132 Å². The largest absolute Gasteiger partial charge is 0.480 e. The number of nitrogens with two attached hydrogens (primary N) is 1. The molecule has 0 amide bonds. The number of nitrogens with one attached hydrogen (secondary N) is 1. The van der Waals surface area contributed by atoms with E-state index in [1.807, 2.05) is 0 Å². The van der Waals surface area contributed by atoms with Crippen molar-refractivity contribution < 1.29 is 19.9 Å². The zero-order valence-corrected chi connectivity index (χ0v) is 10.0. The van der Waals surface area contributed by atoms with Crippen molar-refractivity contribution in [1.29, 1.82) is 0 Å². The number of nitrogens with zero attached hydrogens (tertiary/aromatic N) is 1. The van der Waals surface area contributed by atoms with Crippen LogP contribution in [0.3, 0.4) is 0 Å². The van der Waals surface area contributed by atoms with Crippen molar-refractivity contribution in [1.82, 2.24) is 9.97 Å². The molecular weight excluding hydrogens is 237 g/mol. The van der Waals surface area contributed by atoms with Gasteiger partial charge in [-0.15, -0.1) is 0 Å². The molecule has 0 radical (unpaired) electrons. The van der Waals surface area contributed by atoms with Crippen molar-refractivity contribution >= 4 is 13.1 Å². The Labute approximate surface area is 105 Å². The van der Waals surface area contributed by atoms with Gasteiger partial charge in [-0.1, -0.05) is 12.8 Å². The number of aromatic nitrogens is 2. The number of imidazole rings is 1. The Morgan fingerprint density at radius 2 is 2.22 bits per heavy atom. The van der Waals surface area contributed by atoms with Crippen LogP contribution in [-0.2, 0) is 11.2 Å². The third-order valence-electron chi connectivity index (χ3n) is 2.81. The highest BCUT2D eigenvalue weighted by Gasteiger charge is 2.34. The van der Waals surface area contributed by atoms with Crippen LogP contribution in [-0.4, -0.2) is 43.7 Å². The van der Waals surface area contributed by atoms with Crippen molar-refractivity contribution in [2.45, 2.75) is 37.5 Å².